The monoisotopic (exact) mass is 514 g/mol. The topological polar surface area (TPSA) is 29.5 Å². The number of ether oxygens (including phenoxy) is 1. The Hall–Kier alpha value is -1.98. The number of hydrogen-bond donors (Lipinski definition) is 1. The Labute approximate surface area is 218 Å². The van der Waals surface area contributed by atoms with E-state index in [1.165, 1.54) is 0 Å². The number of quaternary nitrogens is 1. The van der Waals surface area contributed by atoms with Crippen LogP contribution in [0.5, 0.6) is 0 Å². The maximum absolute atomic E-state index is 12.5. The van der Waals surface area contributed by atoms with E-state index >= 15 is 0 Å². The molecule has 6 rings (SSSR count). The largest absolute Gasteiger partial charge is 1.00 e. The molecule has 0 radical (unpaired) electrons. The normalized spacial score (nSPS) is 27.7. The van der Waals surface area contributed by atoms with Crippen LogP contribution in [0.3, 0.4) is 0 Å². The quantitative estimate of drug-likeness (QED) is 0.466. The molecule has 3 heterocycles. The van der Waals surface area contributed by atoms with Crippen molar-refractivity contribution in [2.24, 2.45) is 5.41 Å². The lowest BCUT2D eigenvalue weighted by molar-refractivity contribution is -0.946. The van der Waals surface area contributed by atoms with Crippen molar-refractivity contribution in [3.8, 4) is 0 Å². The van der Waals surface area contributed by atoms with Crippen molar-refractivity contribution < 1.29 is 40.9 Å². The summed E-state index contributed by atoms with van der Waals surface area (Å²) < 4.78 is 62.8. The van der Waals surface area contributed by atoms with Crippen LogP contribution >= 0.6 is 0 Å². The fourth-order valence-electron chi connectivity index (χ4n) is 5.74. The van der Waals surface area contributed by atoms with Crippen molar-refractivity contribution in [3.05, 3.63) is 108 Å². The molecule has 3 fully saturated rings. The molecule has 1 N–H and O–H groups in total. The van der Waals surface area contributed by atoms with Gasteiger partial charge in [-0.05, 0) is 16.7 Å². The van der Waals surface area contributed by atoms with Crippen LogP contribution in [0, 0.1) is 5.41 Å². The predicted octanol–water partition coefficient (Wildman–Crippen LogP) is 2.14. The smallest absolute Gasteiger partial charge is 0.121 e. The van der Waals surface area contributed by atoms with Crippen molar-refractivity contribution in [2.45, 2.75) is 31.4 Å². The second-order valence-electron chi connectivity index (χ2n) is 9.16. The lowest BCUT2D eigenvalue weighted by atomic mass is 9.56. The van der Waals surface area contributed by atoms with Crippen molar-refractivity contribution in [1.82, 2.24) is 0 Å². The SMILES string of the molecule is [2H]c1c([2H])c([2H])c(C([2H])([2H])OCC[N+]23CCC(C(O)(c4ccccc4)c4ccccc4)(CC2)CC3)c([2H])c1[2H].[Br-]. The molecule has 0 aromatic heterocycles. The van der Waals surface area contributed by atoms with Gasteiger partial charge in [0.15, 0.2) is 0 Å². The number of aliphatic hydroxyl groups is 1. The summed E-state index contributed by atoms with van der Waals surface area (Å²) >= 11 is 0. The van der Waals surface area contributed by atoms with Gasteiger partial charge in [-0.15, -0.1) is 0 Å². The second-order valence-corrected chi connectivity index (χ2v) is 9.16. The molecule has 3 aromatic rings. The first kappa shape index (κ1) is 16.6. The second kappa shape index (κ2) is 10.1. The van der Waals surface area contributed by atoms with Gasteiger partial charge in [-0.25, -0.2) is 0 Å². The van der Waals surface area contributed by atoms with E-state index in [0.29, 0.717) is 6.54 Å². The van der Waals surface area contributed by atoms with Crippen LogP contribution < -0.4 is 17.0 Å². The first-order valence-corrected chi connectivity index (χ1v) is 11.4. The summed E-state index contributed by atoms with van der Waals surface area (Å²) in [7, 11) is 0. The van der Waals surface area contributed by atoms with Crippen LogP contribution in [-0.4, -0.2) is 42.4 Å². The summed E-state index contributed by atoms with van der Waals surface area (Å²) in [5, 5.41) is 12.5. The zero-order valence-corrected chi connectivity index (χ0v) is 20.2. The number of rotatable bonds is 8. The first-order chi connectivity index (χ1) is 18.5. The van der Waals surface area contributed by atoms with Crippen molar-refractivity contribution in [1.29, 1.82) is 0 Å². The number of halogens is 1. The third kappa shape index (κ3) is 4.54. The van der Waals surface area contributed by atoms with E-state index in [4.69, 9.17) is 14.3 Å². The average Bonchev–Trinajstić information content (AvgIpc) is 2.96. The number of fused-ring (bicyclic) bond motifs is 3. The lowest BCUT2D eigenvalue weighted by Gasteiger charge is -2.60. The van der Waals surface area contributed by atoms with Crippen molar-refractivity contribution in [3.63, 3.8) is 0 Å². The van der Waals surface area contributed by atoms with E-state index in [2.05, 4.69) is 0 Å². The van der Waals surface area contributed by atoms with Gasteiger partial charge in [0, 0.05) is 24.7 Å². The van der Waals surface area contributed by atoms with Gasteiger partial charge in [0.25, 0.3) is 0 Å². The highest BCUT2D eigenvalue weighted by Gasteiger charge is 2.60. The summed E-state index contributed by atoms with van der Waals surface area (Å²) in [5.74, 6) is 0. The Morgan fingerprint density at radius 1 is 0.879 bits per heavy atom. The van der Waals surface area contributed by atoms with Gasteiger partial charge in [-0.1, -0.05) is 90.9 Å². The molecule has 33 heavy (non-hydrogen) atoms. The zero-order valence-electron chi connectivity index (χ0n) is 25.6. The minimum atomic E-state index is -2.53. The summed E-state index contributed by atoms with van der Waals surface area (Å²) in [5.41, 5.74) is -0.124. The van der Waals surface area contributed by atoms with E-state index in [9.17, 15) is 5.11 Å². The van der Waals surface area contributed by atoms with Gasteiger partial charge < -0.3 is 31.3 Å². The molecule has 2 bridgehead atoms. The maximum atomic E-state index is 12.5. The first-order valence-electron chi connectivity index (χ1n) is 14.9. The predicted molar refractivity (Wildman–Crippen MR) is 128 cm³/mol. The Morgan fingerprint density at radius 2 is 1.39 bits per heavy atom. The van der Waals surface area contributed by atoms with Gasteiger partial charge in [0.2, 0.25) is 0 Å². The van der Waals surface area contributed by atoms with Gasteiger partial charge >= 0.3 is 0 Å². The Morgan fingerprint density at radius 3 is 1.91 bits per heavy atom. The van der Waals surface area contributed by atoms with Crippen LogP contribution in [0.1, 0.15) is 45.5 Å². The molecule has 0 saturated carbocycles. The molecule has 0 atom stereocenters. The molecule has 174 valence electrons. The van der Waals surface area contributed by atoms with E-state index in [1.54, 1.807) is 0 Å². The standard InChI is InChI=1S/C29H34NO2.BrH/c31-29(26-12-6-2-7-13-26,27-14-8-3-9-15-27)28-16-19-30(20-17-28,21-18-28)22-23-32-24-25-10-4-1-5-11-25;/h1-15,31H,16-24H2;1H/q+1;/p-1/i1D,4D,5D,10D,11D,24D2;. The Bertz CT molecular complexity index is 1260. The summed E-state index contributed by atoms with van der Waals surface area (Å²) in [6, 6.07) is 16.9. The molecule has 0 unspecified atom stereocenters. The summed E-state index contributed by atoms with van der Waals surface area (Å²) in [6.07, 6.45) is 2.43. The highest BCUT2D eigenvalue weighted by atomic mass is 79.9. The van der Waals surface area contributed by atoms with Crippen LogP contribution in [0.15, 0.2) is 90.9 Å². The van der Waals surface area contributed by atoms with Gasteiger partial charge in [0.05, 0.1) is 42.4 Å². The Balaban J connectivity index is 0.00000370. The molecule has 3 aromatic carbocycles. The highest BCUT2D eigenvalue weighted by molar-refractivity contribution is 5.39. The number of nitrogens with zero attached hydrogens (tertiary/aromatic N) is 1. The number of benzene rings is 3. The minimum absolute atomic E-state index is 0. The van der Waals surface area contributed by atoms with E-state index < -0.39 is 47.9 Å². The van der Waals surface area contributed by atoms with Gasteiger partial charge in [0.1, 0.15) is 12.1 Å². The average molecular weight is 516 g/mol. The fourth-order valence-corrected chi connectivity index (χ4v) is 5.74. The minimum Gasteiger partial charge on any atom is -1.00 e. The molecule has 3 saturated heterocycles. The highest BCUT2D eigenvalue weighted by Crippen LogP contribution is 2.57. The van der Waals surface area contributed by atoms with E-state index in [1.807, 2.05) is 60.7 Å². The van der Waals surface area contributed by atoms with Crippen LogP contribution in [0.25, 0.3) is 0 Å². The van der Waals surface area contributed by atoms with Crippen molar-refractivity contribution in [2.75, 3.05) is 32.8 Å². The molecular formula is C29H34BrNO2. The van der Waals surface area contributed by atoms with Crippen molar-refractivity contribution >= 4 is 0 Å². The van der Waals surface area contributed by atoms with Crippen LogP contribution in [0.4, 0.5) is 0 Å². The lowest BCUT2D eigenvalue weighted by Crippen LogP contribution is -3.00. The number of piperidine rings is 3. The third-order valence-corrected chi connectivity index (χ3v) is 7.69. The van der Waals surface area contributed by atoms with Crippen LogP contribution in [-0.2, 0) is 16.9 Å². The zero-order chi connectivity index (χ0) is 28.1. The third-order valence-electron chi connectivity index (χ3n) is 7.69. The fraction of sp³-hybridized carbons (Fsp3) is 0.379. The van der Waals surface area contributed by atoms with Crippen LogP contribution in [0.2, 0.25) is 0 Å². The molecule has 3 aliphatic rings. The Kier molecular flexibility index (Phi) is 5.09. The number of hydrogen-bond acceptors (Lipinski definition) is 2. The summed E-state index contributed by atoms with van der Waals surface area (Å²) in [4.78, 5) is 0. The van der Waals surface area contributed by atoms with Gasteiger partial charge in [-0.3, -0.25) is 0 Å². The molecule has 0 spiro atoms. The maximum Gasteiger partial charge on any atom is 0.121 e. The van der Waals surface area contributed by atoms with Gasteiger partial charge in [-0.2, -0.15) is 0 Å². The molecule has 0 amide bonds. The molecule has 3 nitrogen and oxygen atoms in total. The summed E-state index contributed by atoms with van der Waals surface area (Å²) in [6.45, 7) is 0.532. The molecular weight excluding hydrogens is 474 g/mol. The molecule has 3 aliphatic heterocycles. The molecule has 0 aliphatic carbocycles. The van der Waals surface area contributed by atoms with E-state index in [-0.39, 0.29) is 29.0 Å². The molecule has 4 heteroatoms. The van der Waals surface area contributed by atoms with E-state index in [0.717, 1.165) is 54.5 Å².